The Balaban J connectivity index is 2.49. The van der Waals surface area contributed by atoms with Gasteiger partial charge < -0.3 is 9.47 Å². The molecule has 0 aliphatic carbocycles. The van der Waals surface area contributed by atoms with Gasteiger partial charge in [-0.25, -0.2) is 5.43 Å². The number of aryl methyl sites for hydroxylation is 1. The van der Waals surface area contributed by atoms with Gasteiger partial charge in [-0.3, -0.25) is 5.84 Å². The highest BCUT2D eigenvalue weighted by atomic mass is 32.1. The standard InChI is InChI=1S/C14H18N2O2S/c1-9-7-10(8-19-9)13(16-15)11-5-4-6-12(17-2)14(11)18-3/h4-8,13,16H,15H2,1-3H3. The largest absolute Gasteiger partial charge is 0.493 e. The predicted octanol–water partition coefficient (Wildman–Crippen LogP) is 2.63. The summed E-state index contributed by atoms with van der Waals surface area (Å²) in [6, 6.07) is 7.79. The lowest BCUT2D eigenvalue weighted by molar-refractivity contribution is 0.349. The molecule has 1 aromatic carbocycles. The van der Waals surface area contributed by atoms with Crippen LogP contribution in [0.3, 0.4) is 0 Å². The Hall–Kier alpha value is -1.56. The van der Waals surface area contributed by atoms with Gasteiger partial charge in [0.05, 0.1) is 20.3 Å². The van der Waals surface area contributed by atoms with Gasteiger partial charge in [0, 0.05) is 10.4 Å². The van der Waals surface area contributed by atoms with Gasteiger partial charge >= 0.3 is 0 Å². The zero-order valence-electron chi connectivity index (χ0n) is 11.3. The summed E-state index contributed by atoms with van der Waals surface area (Å²) in [7, 11) is 3.26. The van der Waals surface area contributed by atoms with Crippen molar-refractivity contribution >= 4 is 11.3 Å². The first-order chi connectivity index (χ1) is 9.21. The lowest BCUT2D eigenvalue weighted by atomic mass is 10.00. The van der Waals surface area contributed by atoms with Gasteiger partial charge in [-0.15, -0.1) is 11.3 Å². The maximum absolute atomic E-state index is 5.72. The van der Waals surface area contributed by atoms with Crippen LogP contribution >= 0.6 is 11.3 Å². The molecule has 2 aromatic rings. The third-order valence-electron chi connectivity index (χ3n) is 3.00. The molecule has 0 amide bonds. The summed E-state index contributed by atoms with van der Waals surface area (Å²) in [6.07, 6.45) is 0. The van der Waals surface area contributed by atoms with Gasteiger partial charge in [-0.1, -0.05) is 12.1 Å². The van der Waals surface area contributed by atoms with Crippen molar-refractivity contribution < 1.29 is 9.47 Å². The van der Waals surface area contributed by atoms with E-state index in [4.69, 9.17) is 15.3 Å². The van der Waals surface area contributed by atoms with Gasteiger partial charge in [0.15, 0.2) is 11.5 Å². The summed E-state index contributed by atoms with van der Waals surface area (Å²) >= 11 is 1.70. The van der Waals surface area contributed by atoms with E-state index < -0.39 is 0 Å². The molecule has 1 heterocycles. The van der Waals surface area contributed by atoms with E-state index in [1.165, 1.54) is 4.88 Å². The Bertz CT molecular complexity index is 554. The van der Waals surface area contributed by atoms with Crippen LogP contribution in [0.4, 0.5) is 0 Å². The topological polar surface area (TPSA) is 56.5 Å². The van der Waals surface area contributed by atoms with Crippen molar-refractivity contribution in [2.75, 3.05) is 14.2 Å². The first-order valence-corrected chi connectivity index (χ1v) is 6.81. The van der Waals surface area contributed by atoms with Crippen LogP contribution in [0, 0.1) is 6.92 Å². The number of methoxy groups -OCH3 is 2. The molecule has 3 N–H and O–H groups in total. The van der Waals surface area contributed by atoms with E-state index in [-0.39, 0.29) is 6.04 Å². The van der Waals surface area contributed by atoms with E-state index >= 15 is 0 Å². The molecule has 0 bridgehead atoms. The minimum absolute atomic E-state index is 0.116. The summed E-state index contributed by atoms with van der Waals surface area (Å²) in [5, 5.41) is 2.10. The Morgan fingerprint density at radius 3 is 2.58 bits per heavy atom. The normalized spacial score (nSPS) is 12.2. The first kappa shape index (κ1) is 13.9. The van der Waals surface area contributed by atoms with Gasteiger partial charge in [0.25, 0.3) is 0 Å². The molecule has 4 nitrogen and oxygen atoms in total. The third kappa shape index (κ3) is 2.73. The molecule has 1 atom stereocenters. The van der Waals surface area contributed by atoms with Crippen LogP contribution in [-0.2, 0) is 0 Å². The number of benzene rings is 1. The van der Waals surface area contributed by atoms with E-state index in [1.54, 1.807) is 25.6 Å². The number of hydrogen-bond acceptors (Lipinski definition) is 5. The smallest absolute Gasteiger partial charge is 0.165 e. The summed E-state index contributed by atoms with van der Waals surface area (Å²) < 4.78 is 10.8. The molecule has 0 spiro atoms. The number of para-hydroxylation sites is 1. The lowest BCUT2D eigenvalue weighted by Crippen LogP contribution is -2.28. The number of thiophene rings is 1. The van der Waals surface area contributed by atoms with E-state index in [1.807, 2.05) is 18.2 Å². The number of nitrogens with one attached hydrogen (secondary N) is 1. The van der Waals surface area contributed by atoms with Crippen molar-refractivity contribution in [3.8, 4) is 11.5 Å². The van der Waals surface area contributed by atoms with Gasteiger partial charge in [0.2, 0.25) is 0 Å². The molecule has 0 aliphatic heterocycles. The highest BCUT2D eigenvalue weighted by molar-refractivity contribution is 7.10. The average molecular weight is 278 g/mol. The number of ether oxygens (including phenoxy) is 2. The summed E-state index contributed by atoms with van der Waals surface area (Å²) in [5.74, 6) is 7.13. The van der Waals surface area contributed by atoms with Gasteiger partial charge in [-0.05, 0) is 30.0 Å². The number of nitrogens with two attached hydrogens (primary N) is 1. The molecule has 0 saturated carbocycles. The Kier molecular flexibility index (Phi) is 4.42. The van der Waals surface area contributed by atoms with E-state index in [9.17, 15) is 0 Å². The Labute approximate surface area is 117 Å². The molecular weight excluding hydrogens is 260 g/mol. The quantitative estimate of drug-likeness (QED) is 0.652. The van der Waals surface area contributed by atoms with Crippen LogP contribution in [0.2, 0.25) is 0 Å². The van der Waals surface area contributed by atoms with Crippen LogP contribution < -0.4 is 20.7 Å². The maximum Gasteiger partial charge on any atom is 0.165 e. The minimum atomic E-state index is -0.116. The SMILES string of the molecule is COc1cccc(C(NN)c2csc(C)c2)c1OC. The van der Waals surface area contributed by atoms with Crippen molar-refractivity contribution in [2.45, 2.75) is 13.0 Å². The zero-order valence-corrected chi connectivity index (χ0v) is 12.1. The predicted molar refractivity (Wildman–Crippen MR) is 77.8 cm³/mol. The molecule has 0 aliphatic rings. The van der Waals surface area contributed by atoms with Crippen LogP contribution in [0.15, 0.2) is 29.6 Å². The van der Waals surface area contributed by atoms with Gasteiger partial charge in [0.1, 0.15) is 0 Å². The highest BCUT2D eigenvalue weighted by Crippen LogP contribution is 2.37. The minimum Gasteiger partial charge on any atom is -0.493 e. The lowest BCUT2D eigenvalue weighted by Gasteiger charge is -2.19. The fraction of sp³-hybridized carbons (Fsp3) is 0.286. The molecule has 1 unspecified atom stereocenters. The molecule has 102 valence electrons. The van der Waals surface area contributed by atoms with Crippen LogP contribution in [-0.4, -0.2) is 14.2 Å². The van der Waals surface area contributed by atoms with Crippen molar-refractivity contribution in [3.05, 3.63) is 45.6 Å². The average Bonchev–Trinajstić information content (AvgIpc) is 2.85. The number of hydrogen-bond donors (Lipinski definition) is 2. The Morgan fingerprint density at radius 1 is 1.26 bits per heavy atom. The molecule has 19 heavy (non-hydrogen) atoms. The maximum atomic E-state index is 5.72. The van der Waals surface area contributed by atoms with E-state index in [2.05, 4.69) is 23.8 Å². The second kappa shape index (κ2) is 6.06. The summed E-state index contributed by atoms with van der Waals surface area (Å²) in [5.41, 5.74) is 4.93. The highest BCUT2D eigenvalue weighted by Gasteiger charge is 2.20. The molecular formula is C14H18N2O2S. The monoisotopic (exact) mass is 278 g/mol. The van der Waals surface area contributed by atoms with Crippen molar-refractivity contribution in [1.82, 2.24) is 5.43 Å². The van der Waals surface area contributed by atoms with Crippen molar-refractivity contribution in [1.29, 1.82) is 0 Å². The van der Waals surface area contributed by atoms with Gasteiger partial charge in [-0.2, -0.15) is 0 Å². The van der Waals surface area contributed by atoms with Crippen molar-refractivity contribution in [2.24, 2.45) is 5.84 Å². The number of hydrazine groups is 1. The molecule has 1 aromatic heterocycles. The van der Waals surface area contributed by atoms with Crippen LogP contribution in [0.1, 0.15) is 22.0 Å². The molecule has 0 radical (unpaired) electrons. The van der Waals surface area contributed by atoms with E-state index in [0.29, 0.717) is 11.5 Å². The number of rotatable bonds is 5. The second-order valence-electron chi connectivity index (χ2n) is 4.17. The second-order valence-corrected chi connectivity index (χ2v) is 5.29. The molecule has 2 rings (SSSR count). The fourth-order valence-electron chi connectivity index (χ4n) is 2.12. The summed E-state index contributed by atoms with van der Waals surface area (Å²) in [6.45, 7) is 2.07. The molecule has 0 fully saturated rings. The van der Waals surface area contributed by atoms with Crippen LogP contribution in [0.5, 0.6) is 11.5 Å². The fourth-order valence-corrected chi connectivity index (χ4v) is 2.85. The van der Waals surface area contributed by atoms with E-state index in [0.717, 1.165) is 11.1 Å². The van der Waals surface area contributed by atoms with Crippen LogP contribution in [0.25, 0.3) is 0 Å². The zero-order chi connectivity index (χ0) is 13.8. The molecule has 0 saturated heterocycles. The first-order valence-electron chi connectivity index (χ1n) is 5.93. The summed E-state index contributed by atoms with van der Waals surface area (Å²) in [4.78, 5) is 1.25. The molecule has 5 heteroatoms. The van der Waals surface area contributed by atoms with Crippen molar-refractivity contribution in [3.63, 3.8) is 0 Å². The third-order valence-corrected chi connectivity index (χ3v) is 3.87. The Morgan fingerprint density at radius 2 is 2.05 bits per heavy atom.